The van der Waals surface area contributed by atoms with E-state index in [1.807, 2.05) is 0 Å². The Morgan fingerprint density at radius 2 is 1.95 bits per heavy atom. The number of carbonyl (C=O) groups is 1. The molecule has 0 radical (unpaired) electrons. The third-order valence-corrected chi connectivity index (χ3v) is 3.26. The van der Waals surface area contributed by atoms with E-state index >= 15 is 0 Å². The molecule has 0 atom stereocenters. The number of nitro groups is 1. The number of rotatable bonds is 3. The normalized spacial score (nSPS) is 10.2. The molecule has 0 bridgehead atoms. The van der Waals surface area contributed by atoms with Gasteiger partial charge in [-0.1, -0.05) is 6.07 Å². The van der Waals surface area contributed by atoms with E-state index in [2.05, 4.69) is 21.2 Å². The molecule has 5 nitrogen and oxygen atoms in total. The van der Waals surface area contributed by atoms with Gasteiger partial charge in [-0.15, -0.1) is 0 Å². The number of carbonyl (C=O) groups excluding carboxylic acids is 1. The first-order chi connectivity index (χ1) is 9.90. The third kappa shape index (κ3) is 3.22. The van der Waals surface area contributed by atoms with Gasteiger partial charge in [-0.2, -0.15) is 0 Å². The zero-order valence-corrected chi connectivity index (χ0v) is 11.9. The maximum Gasteiger partial charge on any atom is 0.282 e. The third-order valence-electron chi connectivity index (χ3n) is 2.60. The van der Waals surface area contributed by atoms with Crippen LogP contribution in [0.3, 0.4) is 0 Å². The van der Waals surface area contributed by atoms with Crippen LogP contribution in [0.15, 0.2) is 40.9 Å². The molecule has 0 aromatic heterocycles. The summed E-state index contributed by atoms with van der Waals surface area (Å²) in [5.41, 5.74) is -1.24. The second-order valence-electron chi connectivity index (χ2n) is 3.97. The summed E-state index contributed by atoms with van der Waals surface area (Å²) < 4.78 is 27.1. The maximum atomic E-state index is 13.6. The van der Waals surface area contributed by atoms with Gasteiger partial charge in [0.25, 0.3) is 11.6 Å². The summed E-state index contributed by atoms with van der Waals surface area (Å²) >= 11 is 3.05. The van der Waals surface area contributed by atoms with Crippen molar-refractivity contribution < 1.29 is 18.5 Å². The lowest BCUT2D eigenvalue weighted by Gasteiger charge is -2.08. The zero-order chi connectivity index (χ0) is 15.6. The molecule has 2 rings (SSSR count). The molecule has 0 fully saturated rings. The summed E-state index contributed by atoms with van der Waals surface area (Å²) in [5.74, 6) is -2.51. The largest absolute Gasteiger partial charge is 0.318 e. The van der Waals surface area contributed by atoms with Crippen LogP contribution in [-0.2, 0) is 0 Å². The van der Waals surface area contributed by atoms with Crippen molar-refractivity contribution in [3.63, 3.8) is 0 Å². The highest BCUT2D eigenvalue weighted by molar-refractivity contribution is 9.10. The Hall–Kier alpha value is -2.35. The molecular formula is C13H7BrF2N2O3. The summed E-state index contributed by atoms with van der Waals surface area (Å²) in [6.45, 7) is 0. The molecule has 1 N–H and O–H groups in total. The minimum Gasteiger partial charge on any atom is -0.318 e. The lowest BCUT2D eigenvalue weighted by molar-refractivity contribution is -0.385. The highest BCUT2D eigenvalue weighted by atomic mass is 79.9. The van der Waals surface area contributed by atoms with Crippen LogP contribution in [0.2, 0.25) is 0 Å². The van der Waals surface area contributed by atoms with E-state index < -0.39 is 33.7 Å². The fraction of sp³-hybridized carbons (Fsp3) is 0. The number of benzene rings is 2. The van der Waals surface area contributed by atoms with E-state index in [0.29, 0.717) is 0 Å². The van der Waals surface area contributed by atoms with Gasteiger partial charge >= 0.3 is 0 Å². The molecule has 21 heavy (non-hydrogen) atoms. The standard InChI is InChI=1S/C13H7BrF2N2O3/c14-9-2-1-3-10(16)12(9)17-13(19)8-6-7(15)4-5-11(8)18(20)21/h1-6H,(H,17,19). The minimum absolute atomic E-state index is 0.180. The maximum absolute atomic E-state index is 13.6. The summed E-state index contributed by atoms with van der Waals surface area (Å²) in [6, 6.07) is 6.48. The number of nitrogens with one attached hydrogen (secondary N) is 1. The lowest BCUT2D eigenvalue weighted by atomic mass is 10.1. The van der Waals surface area contributed by atoms with Crippen molar-refractivity contribution in [3.05, 3.63) is 68.2 Å². The molecule has 0 aliphatic heterocycles. The van der Waals surface area contributed by atoms with Gasteiger partial charge in [-0.05, 0) is 40.2 Å². The molecule has 0 unspecified atom stereocenters. The number of hydrogen-bond donors (Lipinski definition) is 1. The summed E-state index contributed by atoms with van der Waals surface area (Å²) in [7, 11) is 0. The highest BCUT2D eigenvalue weighted by Crippen LogP contribution is 2.27. The molecular weight excluding hydrogens is 350 g/mol. The van der Waals surface area contributed by atoms with Gasteiger partial charge in [0.1, 0.15) is 17.2 Å². The smallest absolute Gasteiger partial charge is 0.282 e. The Morgan fingerprint density at radius 3 is 2.57 bits per heavy atom. The van der Waals surface area contributed by atoms with Crippen molar-refractivity contribution in [2.24, 2.45) is 0 Å². The van der Waals surface area contributed by atoms with Gasteiger partial charge in [0.2, 0.25) is 0 Å². The van der Waals surface area contributed by atoms with Gasteiger partial charge in [-0.25, -0.2) is 8.78 Å². The Bertz CT molecular complexity index is 717. The van der Waals surface area contributed by atoms with Crippen LogP contribution in [0.4, 0.5) is 20.2 Å². The van der Waals surface area contributed by atoms with Crippen molar-refractivity contribution in [3.8, 4) is 0 Å². The Labute approximate surface area is 125 Å². The highest BCUT2D eigenvalue weighted by Gasteiger charge is 2.22. The number of para-hydroxylation sites is 1. The SMILES string of the molecule is O=C(Nc1c(F)cccc1Br)c1cc(F)ccc1[N+](=O)[O-]. The van der Waals surface area contributed by atoms with Crippen LogP contribution in [0.25, 0.3) is 0 Å². The van der Waals surface area contributed by atoms with Gasteiger partial charge in [0, 0.05) is 10.5 Å². The average Bonchev–Trinajstić information content (AvgIpc) is 2.42. The number of anilines is 1. The van der Waals surface area contributed by atoms with Crippen LogP contribution in [0, 0.1) is 21.7 Å². The zero-order valence-electron chi connectivity index (χ0n) is 10.3. The second kappa shape index (κ2) is 5.96. The minimum atomic E-state index is -0.980. The average molecular weight is 357 g/mol. The van der Waals surface area contributed by atoms with Crippen molar-refractivity contribution >= 4 is 33.2 Å². The molecule has 0 aliphatic carbocycles. The van der Waals surface area contributed by atoms with Crippen molar-refractivity contribution in [1.29, 1.82) is 0 Å². The van der Waals surface area contributed by atoms with Crippen LogP contribution >= 0.6 is 15.9 Å². The van der Waals surface area contributed by atoms with E-state index in [1.165, 1.54) is 12.1 Å². The fourth-order valence-electron chi connectivity index (χ4n) is 1.65. The Balaban J connectivity index is 2.41. The number of nitrogens with zero attached hydrogens (tertiary/aromatic N) is 1. The van der Waals surface area contributed by atoms with E-state index in [9.17, 15) is 23.7 Å². The predicted octanol–water partition coefficient (Wildman–Crippen LogP) is 3.89. The van der Waals surface area contributed by atoms with Gasteiger partial charge in [0.05, 0.1) is 10.6 Å². The summed E-state index contributed by atoms with van der Waals surface area (Å²) in [4.78, 5) is 22.1. The van der Waals surface area contributed by atoms with Crippen LogP contribution < -0.4 is 5.32 Å². The monoisotopic (exact) mass is 356 g/mol. The van der Waals surface area contributed by atoms with Crippen LogP contribution in [-0.4, -0.2) is 10.8 Å². The summed E-state index contributed by atoms with van der Waals surface area (Å²) in [5, 5.41) is 13.0. The first-order valence-electron chi connectivity index (χ1n) is 5.59. The van der Waals surface area contributed by atoms with Crippen molar-refractivity contribution in [2.75, 3.05) is 5.32 Å². The van der Waals surface area contributed by atoms with Gasteiger partial charge in [0.15, 0.2) is 0 Å². The van der Waals surface area contributed by atoms with Gasteiger partial charge < -0.3 is 5.32 Å². The molecule has 0 spiro atoms. The first-order valence-corrected chi connectivity index (χ1v) is 6.38. The topological polar surface area (TPSA) is 72.2 Å². The molecule has 8 heteroatoms. The van der Waals surface area contributed by atoms with Crippen molar-refractivity contribution in [1.82, 2.24) is 0 Å². The lowest BCUT2D eigenvalue weighted by Crippen LogP contribution is -2.15. The van der Waals surface area contributed by atoms with Crippen molar-refractivity contribution in [2.45, 2.75) is 0 Å². The summed E-state index contributed by atoms with van der Waals surface area (Å²) in [6.07, 6.45) is 0. The number of hydrogen-bond acceptors (Lipinski definition) is 3. The van der Waals surface area contributed by atoms with Gasteiger partial charge in [-0.3, -0.25) is 14.9 Å². The van der Waals surface area contributed by atoms with E-state index in [4.69, 9.17) is 0 Å². The second-order valence-corrected chi connectivity index (χ2v) is 4.82. The number of nitro benzene ring substituents is 1. The quantitative estimate of drug-likeness (QED) is 0.669. The predicted molar refractivity (Wildman–Crippen MR) is 75.1 cm³/mol. The van der Waals surface area contributed by atoms with E-state index in [-0.39, 0.29) is 10.2 Å². The molecule has 1 amide bonds. The molecule has 0 aliphatic rings. The Morgan fingerprint density at radius 1 is 1.24 bits per heavy atom. The Kier molecular flexibility index (Phi) is 4.27. The first kappa shape index (κ1) is 15.0. The molecule has 0 saturated carbocycles. The van der Waals surface area contributed by atoms with E-state index in [1.54, 1.807) is 0 Å². The molecule has 0 saturated heterocycles. The van der Waals surface area contributed by atoms with E-state index in [0.717, 1.165) is 24.3 Å². The molecule has 2 aromatic carbocycles. The number of amides is 1. The fourth-order valence-corrected chi connectivity index (χ4v) is 2.09. The number of halogens is 3. The molecule has 0 heterocycles. The van der Waals surface area contributed by atoms with Crippen LogP contribution in [0.1, 0.15) is 10.4 Å². The van der Waals surface area contributed by atoms with Crippen LogP contribution in [0.5, 0.6) is 0 Å². The molecule has 2 aromatic rings. The molecule has 108 valence electrons.